The van der Waals surface area contributed by atoms with Crippen molar-refractivity contribution in [2.75, 3.05) is 7.11 Å². The molecular weight excluding hydrogens is 304 g/mol. The van der Waals surface area contributed by atoms with Crippen LogP contribution in [0.5, 0.6) is 0 Å². The number of halogens is 2. The van der Waals surface area contributed by atoms with Crippen molar-refractivity contribution < 1.29 is 26.7 Å². The molecule has 0 spiro atoms. The molecule has 0 aliphatic heterocycles. The van der Waals surface area contributed by atoms with E-state index in [1.807, 2.05) is 0 Å². The topological polar surface area (TPSA) is 63.7 Å². The quantitative estimate of drug-likeness (QED) is 0.775. The summed E-state index contributed by atoms with van der Waals surface area (Å²) in [6.45, 7) is 1.33. The van der Waals surface area contributed by atoms with E-state index in [0.717, 1.165) is 29.6 Å². The van der Waals surface area contributed by atoms with E-state index in [1.54, 1.807) is 0 Å². The lowest BCUT2D eigenvalue weighted by molar-refractivity contribution is -0.144. The third-order valence-corrected chi connectivity index (χ3v) is 5.36. The molecule has 0 heterocycles. The number of carbonyl (C=O) groups is 1. The van der Waals surface area contributed by atoms with Gasteiger partial charge in [0.15, 0.2) is 4.90 Å². The van der Waals surface area contributed by atoms with Crippen LogP contribution >= 0.6 is 0 Å². The number of hydrogen-bond acceptors (Lipinski definition) is 4. The van der Waals surface area contributed by atoms with Gasteiger partial charge in [-0.05, 0) is 31.9 Å². The maximum Gasteiger partial charge on any atom is 0.323 e. The van der Waals surface area contributed by atoms with E-state index in [-0.39, 0.29) is 0 Å². The van der Waals surface area contributed by atoms with Crippen LogP contribution in [0.25, 0.3) is 0 Å². The van der Waals surface area contributed by atoms with Crippen molar-refractivity contribution in [2.24, 2.45) is 0 Å². The van der Waals surface area contributed by atoms with Crippen molar-refractivity contribution >= 4 is 16.0 Å². The lowest BCUT2D eigenvalue weighted by Crippen LogP contribution is -2.45. The van der Waals surface area contributed by atoms with Gasteiger partial charge in [-0.3, -0.25) is 4.79 Å². The van der Waals surface area contributed by atoms with Gasteiger partial charge in [0.1, 0.15) is 17.7 Å². The minimum absolute atomic E-state index is 0.442. The smallest absolute Gasteiger partial charge is 0.323 e. The zero-order valence-electron chi connectivity index (χ0n) is 11.5. The summed E-state index contributed by atoms with van der Waals surface area (Å²) in [5.74, 6) is -3.14. The van der Waals surface area contributed by atoms with Gasteiger partial charge in [-0.1, -0.05) is 6.07 Å². The molecule has 1 aromatic carbocycles. The maximum absolute atomic E-state index is 13.8. The van der Waals surface area contributed by atoms with Crippen LogP contribution in [0.15, 0.2) is 23.1 Å². The number of hydrogen-bond donors (Lipinski definition) is 0. The van der Waals surface area contributed by atoms with Crippen LogP contribution < -0.4 is 0 Å². The Morgan fingerprint density at radius 3 is 2.29 bits per heavy atom. The van der Waals surface area contributed by atoms with Crippen LogP contribution in [0.2, 0.25) is 0 Å². The van der Waals surface area contributed by atoms with E-state index in [4.69, 9.17) is 0 Å². The Morgan fingerprint density at radius 1 is 1.33 bits per heavy atom. The number of sulfonamides is 1. The van der Waals surface area contributed by atoms with Crippen molar-refractivity contribution in [1.29, 1.82) is 0 Å². The predicted octanol–water partition coefficient (Wildman–Crippen LogP) is 1.68. The highest BCUT2D eigenvalue weighted by Gasteiger charge is 2.45. The van der Waals surface area contributed by atoms with E-state index >= 15 is 0 Å². The number of rotatable bonds is 5. The first-order valence-electron chi connectivity index (χ1n) is 6.36. The molecule has 116 valence electrons. The molecule has 1 aromatic rings. The molecule has 0 bridgehead atoms. The minimum Gasteiger partial charge on any atom is -0.468 e. The monoisotopic (exact) mass is 319 g/mol. The largest absolute Gasteiger partial charge is 0.468 e. The van der Waals surface area contributed by atoms with Gasteiger partial charge in [0.2, 0.25) is 10.0 Å². The van der Waals surface area contributed by atoms with Crippen LogP contribution in [0.4, 0.5) is 8.78 Å². The third kappa shape index (κ3) is 2.91. The summed E-state index contributed by atoms with van der Waals surface area (Å²) in [6.07, 6.45) is 1.08. The number of esters is 1. The van der Waals surface area contributed by atoms with E-state index in [0.29, 0.717) is 12.8 Å². The molecule has 0 aromatic heterocycles. The second-order valence-corrected chi connectivity index (χ2v) is 6.60. The van der Waals surface area contributed by atoms with Gasteiger partial charge in [-0.2, -0.15) is 4.31 Å². The SMILES string of the molecule is COC(=O)C(C)N(C1CC1)S(=O)(=O)c1c(F)cccc1F. The van der Waals surface area contributed by atoms with E-state index in [9.17, 15) is 22.0 Å². The molecule has 0 radical (unpaired) electrons. The summed E-state index contributed by atoms with van der Waals surface area (Å²) in [6, 6.07) is 1.22. The number of nitrogens with zero attached hydrogens (tertiary/aromatic N) is 1. The van der Waals surface area contributed by atoms with Crippen LogP contribution in [-0.2, 0) is 19.6 Å². The highest BCUT2D eigenvalue weighted by atomic mass is 32.2. The van der Waals surface area contributed by atoms with Gasteiger partial charge in [0.05, 0.1) is 7.11 Å². The summed E-state index contributed by atoms with van der Waals surface area (Å²) in [5.41, 5.74) is 0. The molecule has 0 amide bonds. The average molecular weight is 319 g/mol. The second kappa shape index (κ2) is 5.69. The summed E-state index contributed by atoms with van der Waals surface area (Å²) < 4.78 is 58.0. The van der Waals surface area contributed by atoms with E-state index in [1.165, 1.54) is 6.92 Å². The molecule has 0 N–H and O–H groups in total. The van der Waals surface area contributed by atoms with Gasteiger partial charge in [0.25, 0.3) is 0 Å². The van der Waals surface area contributed by atoms with Crippen LogP contribution in [-0.4, -0.2) is 37.9 Å². The molecule has 1 aliphatic carbocycles. The first kappa shape index (κ1) is 15.8. The standard InChI is InChI=1S/C13H15F2NO4S/c1-8(13(17)20-2)16(9-6-7-9)21(18,19)12-10(14)4-3-5-11(12)15/h3-5,8-9H,6-7H2,1-2H3. The zero-order valence-corrected chi connectivity index (χ0v) is 12.4. The summed E-state index contributed by atoms with van der Waals surface area (Å²) >= 11 is 0. The Kier molecular flexibility index (Phi) is 4.29. The van der Waals surface area contributed by atoms with Crippen molar-refractivity contribution in [3.05, 3.63) is 29.8 Å². The molecule has 1 atom stereocenters. The first-order chi connectivity index (χ1) is 9.80. The predicted molar refractivity (Wildman–Crippen MR) is 69.9 cm³/mol. The van der Waals surface area contributed by atoms with Crippen molar-refractivity contribution in [3.63, 3.8) is 0 Å². The average Bonchev–Trinajstić information content (AvgIpc) is 3.21. The molecule has 1 fully saturated rings. The summed E-state index contributed by atoms with van der Waals surface area (Å²) in [4.78, 5) is 10.6. The van der Waals surface area contributed by atoms with Crippen molar-refractivity contribution in [3.8, 4) is 0 Å². The highest BCUT2D eigenvalue weighted by molar-refractivity contribution is 7.89. The lowest BCUT2D eigenvalue weighted by Gasteiger charge is -2.26. The molecule has 5 nitrogen and oxygen atoms in total. The van der Waals surface area contributed by atoms with Crippen LogP contribution in [0.3, 0.4) is 0 Å². The van der Waals surface area contributed by atoms with Gasteiger partial charge in [-0.15, -0.1) is 0 Å². The van der Waals surface area contributed by atoms with E-state index in [2.05, 4.69) is 4.74 Å². The molecule has 1 aliphatic rings. The van der Waals surface area contributed by atoms with E-state index < -0.39 is 44.6 Å². The fraction of sp³-hybridized carbons (Fsp3) is 0.462. The number of methoxy groups -OCH3 is 1. The van der Waals surface area contributed by atoms with Crippen molar-refractivity contribution in [1.82, 2.24) is 4.31 Å². The molecule has 1 unspecified atom stereocenters. The molecule has 21 heavy (non-hydrogen) atoms. The molecule has 1 saturated carbocycles. The van der Waals surface area contributed by atoms with Crippen molar-refractivity contribution in [2.45, 2.75) is 36.7 Å². The fourth-order valence-electron chi connectivity index (χ4n) is 2.16. The molecule has 2 rings (SSSR count). The Balaban J connectivity index is 2.51. The Hall–Kier alpha value is -1.54. The maximum atomic E-state index is 13.8. The Labute approximate surface area is 121 Å². The second-order valence-electron chi connectivity index (χ2n) is 4.82. The number of benzene rings is 1. The molecule has 0 saturated heterocycles. The summed E-state index contributed by atoms with van der Waals surface area (Å²) in [5, 5.41) is 0. The van der Waals surface area contributed by atoms with Gasteiger partial charge in [0, 0.05) is 6.04 Å². The number of ether oxygens (including phenoxy) is 1. The Bertz CT molecular complexity index is 638. The fourth-order valence-corrected chi connectivity index (χ4v) is 4.10. The number of carbonyl (C=O) groups excluding carboxylic acids is 1. The lowest BCUT2D eigenvalue weighted by atomic mass is 10.3. The minimum atomic E-state index is -4.47. The summed E-state index contributed by atoms with van der Waals surface area (Å²) in [7, 11) is -3.35. The van der Waals surface area contributed by atoms with Gasteiger partial charge < -0.3 is 4.74 Å². The first-order valence-corrected chi connectivity index (χ1v) is 7.80. The molecular formula is C13H15F2NO4S. The van der Waals surface area contributed by atoms with Crippen LogP contribution in [0, 0.1) is 11.6 Å². The zero-order chi connectivity index (χ0) is 15.8. The van der Waals surface area contributed by atoms with Gasteiger partial charge in [-0.25, -0.2) is 17.2 Å². The highest BCUT2D eigenvalue weighted by Crippen LogP contribution is 2.35. The normalized spacial score (nSPS) is 16.8. The van der Waals surface area contributed by atoms with Gasteiger partial charge >= 0.3 is 5.97 Å². The Morgan fingerprint density at radius 2 is 1.86 bits per heavy atom. The molecule has 8 heteroatoms. The third-order valence-electron chi connectivity index (χ3n) is 3.29. The van der Waals surface area contributed by atoms with Crippen LogP contribution in [0.1, 0.15) is 19.8 Å².